The highest BCUT2D eigenvalue weighted by Crippen LogP contribution is 2.22. The van der Waals surface area contributed by atoms with E-state index in [0.717, 1.165) is 12.8 Å². The van der Waals surface area contributed by atoms with Crippen molar-refractivity contribution in [2.24, 2.45) is 0 Å². The van der Waals surface area contributed by atoms with Crippen LogP contribution < -0.4 is 0 Å². The molecule has 1 heterocycles. The summed E-state index contributed by atoms with van der Waals surface area (Å²) in [6.45, 7) is 4.39. The Morgan fingerprint density at radius 3 is 2.82 bits per heavy atom. The van der Waals surface area contributed by atoms with Crippen LogP contribution in [0.25, 0.3) is 5.57 Å². The van der Waals surface area contributed by atoms with E-state index in [1.54, 1.807) is 0 Å². The fraction of sp³-hybridized carbons (Fsp3) is 0.400. The summed E-state index contributed by atoms with van der Waals surface area (Å²) in [5, 5.41) is 2.13. The summed E-state index contributed by atoms with van der Waals surface area (Å²) < 4.78 is 0. The van der Waals surface area contributed by atoms with E-state index < -0.39 is 0 Å². The van der Waals surface area contributed by atoms with Gasteiger partial charge < -0.3 is 0 Å². The van der Waals surface area contributed by atoms with Gasteiger partial charge in [0.2, 0.25) is 0 Å². The number of allylic oxidation sites excluding steroid dienone is 2. The number of hydrogen-bond acceptors (Lipinski definition) is 1. The standard InChI is InChI=1S/C10H14S/c1-3-6-9(4-2)10-7-5-8-11-10/h5-8H,3-4H2,1-2H3/b9-6+. The van der Waals surface area contributed by atoms with E-state index in [4.69, 9.17) is 0 Å². The molecule has 0 saturated heterocycles. The predicted octanol–water partition coefficient (Wildman–Crippen LogP) is 3.95. The van der Waals surface area contributed by atoms with Crippen LogP contribution in [0.1, 0.15) is 31.6 Å². The zero-order valence-electron chi connectivity index (χ0n) is 7.13. The van der Waals surface area contributed by atoms with Gasteiger partial charge in [-0.3, -0.25) is 0 Å². The third kappa shape index (κ3) is 2.19. The average molecular weight is 166 g/mol. The third-order valence-corrected chi connectivity index (χ3v) is 2.61. The van der Waals surface area contributed by atoms with Crippen molar-refractivity contribution in [2.75, 3.05) is 0 Å². The third-order valence-electron chi connectivity index (χ3n) is 1.67. The van der Waals surface area contributed by atoms with Crippen molar-refractivity contribution >= 4 is 16.9 Å². The van der Waals surface area contributed by atoms with Crippen molar-refractivity contribution in [3.8, 4) is 0 Å². The lowest BCUT2D eigenvalue weighted by molar-refractivity contribution is 1.18. The lowest BCUT2D eigenvalue weighted by Gasteiger charge is -1.98. The zero-order chi connectivity index (χ0) is 8.10. The Kier molecular flexibility index (Phi) is 3.37. The summed E-state index contributed by atoms with van der Waals surface area (Å²) in [6, 6.07) is 4.30. The Hall–Kier alpha value is -0.560. The van der Waals surface area contributed by atoms with Gasteiger partial charge in [0, 0.05) is 4.88 Å². The highest BCUT2D eigenvalue weighted by molar-refractivity contribution is 7.11. The molecule has 0 saturated carbocycles. The van der Waals surface area contributed by atoms with Gasteiger partial charge in [-0.25, -0.2) is 0 Å². The molecule has 0 amide bonds. The van der Waals surface area contributed by atoms with E-state index in [1.807, 2.05) is 11.3 Å². The molecule has 0 aliphatic heterocycles. The molecule has 0 bridgehead atoms. The summed E-state index contributed by atoms with van der Waals surface area (Å²) in [4.78, 5) is 1.43. The normalized spacial score (nSPS) is 12.0. The second-order valence-electron chi connectivity index (χ2n) is 2.47. The van der Waals surface area contributed by atoms with Crippen LogP contribution in [0.3, 0.4) is 0 Å². The molecule has 0 nitrogen and oxygen atoms in total. The van der Waals surface area contributed by atoms with Gasteiger partial charge in [-0.2, -0.15) is 0 Å². The van der Waals surface area contributed by atoms with Crippen molar-refractivity contribution < 1.29 is 0 Å². The Labute approximate surface area is 72.6 Å². The van der Waals surface area contributed by atoms with Gasteiger partial charge in [-0.1, -0.05) is 26.0 Å². The smallest absolute Gasteiger partial charge is 0.0298 e. The summed E-state index contributed by atoms with van der Waals surface area (Å²) in [6.07, 6.45) is 4.60. The van der Waals surface area contributed by atoms with Crippen LogP contribution in [-0.2, 0) is 0 Å². The van der Waals surface area contributed by atoms with Crippen LogP contribution in [0.15, 0.2) is 23.6 Å². The highest BCUT2D eigenvalue weighted by Gasteiger charge is 1.97. The summed E-state index contributed by atoms with van der Waals surface area (Å²) in [5.41, 5.74) is 1.49. The minimum Gasteiger partial charge on any atom is -0.144 e. The monoisotopic (exact) mass is 166 g/mol. The number of thiophene rings is 1. The molecule has 0 fully saturated rings. The second kappa shape index (κ2) is 4.35. The molecule has 0 radical (unpaired) electrons. The first kappa shape index (κ1) is 8.54. The van der Waals surface area contributed by atoms with Crippen molar-refractivity contribution in [3.05, 3.63) is 28.5 Å². The minimum atomic E-state index is 1.14. The first-order valence-corrected chi connectivity index (χ1v) is 4.99. The Morgan fingerprint density at radius 2 is 2.36 bits per heavy atom. The van der Waals surface area contributed by atoms with E-state index >= 15 is 0 Å². The van der Waals surface area contributed by atoms with Gasteiger partial charge >= 0.3 is 0 Å². The van der Waals surface area contributed by atoms with E-state index in [1.165, 1.54) is 10.5 Å². The lowest BCUT2D eigenvalue weighted by Crippen LogP contribution is -1.75. The molecule has 60 valence electrons. The maximum Gasteiger partial charge on any atom is 0.0298 e. The van der Waals surface area contributed by atoms with E-state index in [0.29, 0.717) is 0 Å². The minimum absolute atomic E-state index is 1.14. The maximum absolute atomic E-state index is 2.31. The number of hydrogen-bond donors (Lipinski definition) is 0. The van der Waals surface area contributed by atoms with E-state index in [2.05, 4.69) is 37.4 Å². The van der Waals surface area contributed by atoms with Gasteiger partial charge in [-0.15, -0.1) is 11.3 Å². The van der Waals surface area contributed by atoms with Crippen LogP contribution >= 0.6 is 11.3 Å². The molecule has 0 unspecified atom stereocenters. The second-order valence-corrected chi connectivity index (χ2v) is 3.42. The van der Waals surface area contributed by atoms with Gasteiger partial charge in [0.25, 0.3) is 0 Å². The van der Waals surface area contributed by atoms with Crippen molar-refractivity contribution in [1.82, 2.24) is 0 Å². The summed E-state index contributed by atoms with van der Waals surface area (Å²) in [5.74, 6) is 0. The maximum atomic E-state index is 2.31. The topological polar surface area (TPSA) is 0 Å². The van der Waals surface area contributed by atoms with Crippen LogP contribution in [0, 0.1) is 0 Å². The molecular formula is C10H14S. The van der Waals surface area contributed by atoms with Crippen molar-refractivity contribution in [2.45, 2.75) is 26.7 Å². The molecular weight excluding hydrogens is 152 g/mol. The van der Waals surface area contributed by atoms with E-state index in [9.17, 15) is 0 Å². The van der Waals surface area contributed by atoms with Crippen LogP contribution in [-0.4, -0.2) is 0 Å². The zero-order valence-corrected chi connectivity index (χ0v) is 7.95. The van der Waals surface area contributed by atoms with Gasteiger partial charge in [0.15, 0.2) is 0 Å². The Bertz CT molecular complexity index is 219. The predicted molar refractivity (Wildman–Crippen MR) is 52.9 cm³/mol. The Balaban J connectivity index is 2.79. The average Bonchev–Trinajstić information content (AvgIpc) is 2.52. The molecule has 1 aromatic heterocycles. The fourth-order valence-electron chi connectivity index (χ4n) is 1.13. The summed E-state index contributed by atoms with van der Waals surface area (Å²) >= 11 is 1.83. The largest absolute Gasteiger partial charge is 0.144 e. The lowest BCUT2D eigenvalue weighted by atomic mass is 10.1. The van der Waals surface area contributed by atoms with Gasteiger partial charge in [0.1, 0.15) is 0 Å². The molecule has 11 heavy (non-hydrogen) atoms. The molecule has 0 spiro atoms. The van der Waals surface area contributed by atoms with Crippen LogP contribution in [0.4, 0.5) is 0 Å². The molecule has 1 heteroatoms. The van der Waals surface area contributed by atoms with Gasteiger partial charge in [0.05, 0.1) is 0 Å². The first-order chi connectivity index (χ1) is 5.38. The molecule has 1 aromatic rings. The highest BCUT2D eigenvalue weighted by atomic mass is 32.1. The molecule has 1 rings (SSSR count). The molecule has 0 N–H and O–H groups in total. The fourth-order valence-corrected chi connectivity index (χ4v) is 1.97. The molecule has 0 aliphatic carbocycles. The Morgan fingerprint density at radius 1 is 1.55 bits per heavy atom. The van der Waals surface area contributed by atoms with Crippen LogP contribution in [0.5, 0.6) is 0 Å². The van der Waals surface area contributed by atoms with Crippen molar-refractivity contribution in [3.63, 3.8) is 0 Å². The summed E-state index contributed by atoms with van der Waals surface area (Å²) in [7, 11) is 0. The first-order valence-electron chi connectivity index (χ1n) is 4.11. The number of rotatable bonds is 3. The molecule has 0 aliphatic rings. The quantitative estimate of drug-likeness (QED) is 0.637. The van der Waals surface area contributed by atoms with Crippen molar-refractivity contribution in [1.29, 1.82) is 0 Å². The van der Waals surface area contributed by atoms with Crippen LogP contribution in [0.2, 0.25) is 0 Å². The molecule has 0 aromatic carbocycles. The molecule has 0 atom stereocenters. The SMILES string of the molecule is CC/C=C(\CC)c1cccs1. The van der Waals surface area contributed by atoms with Gasteiger partial charge in [-0.05, 0) is 29.9 Å². The van der Waals surface area contributed by atoms with E-state index in [-0.39, 0.29) is 0 Å².